The maximum Gasteiger partial charge on any atom is 0.164 e. The van der Waals surface area contributed by atoms with Crippen molar-refractivity contribution < 1.29 is 5.11 Å². The van der Waals surface area contributed by atoms with Crippen LogP contribution < -0.4 is 5.73 Å². The van der Waals surface area contributed by atoms with Crippen LogP contribution >= 0.6 is 0 Å². The van der Waals surface area contributed by atoms with Gasteiger partial charge in [0.05, 0.1) is 11.4 Å². The number of piperazine rings is 1. The Kier molecular flexibility index (Phi) is 5.04. The fourth-order valence-electron chi connectivity index (χ4n) is 4.93. The van der Waals surface area contributed by atoms with Gasteiger partial charge in [-0.25, -0.2) is 14.6 Å². The number of benzene rings is 1. The summed E-state index contributed by atoms with van der Waals surface area (Å²) in [6.45, 7) is 4.67. The van der Waals surface area contributed by atoms with Crippen LogP contribution in [0.1, 0.15) is 31.7 Å². The molecule has 3 N–H and O–H groups in total. The molecule has 0 spiro atoms. The first-order valence-electron chi connectivity index (χ1n) is 10.8. The number of nitrogen functional groups attached to an aromatic ring is 1. The van der Waals surface area contributed by atoms with E-state index in [0.29, 0.717) is 17.9 Å². The Hall–Kier alpha value is -2.71. The van der Waals surface area contributed by atoms with Gasteiger partial charge in [-0.2, -0.15) is 5.10 Å². The molecule has 0 radical (unpaired) electrons. The van der Waals surface area contributed by atoms with Gasteiger partial charge in [-0.15, -0.1) is 0 Å². The Labute approximate surface area is 176 Å². The number of likely N-dealkylation sites (N-methyl/N-ethyl adjacent to an activating group) is 1. The number of nitrogens with zero attached hydrogens (tertiary/aromatic N) is 6. The maximum absolute atomic E-state index is 9.65. The first-order chi connectivity index (χ1) is 14.6. The molecule has 158 valence electrons. The molecule has 0 amide bonds. The van der Waals surface area contributed by atoms with E-state index < -0.39 is 0 Å². The Bertz CT molecular complexity index is 1020. The lowest BCUT2D eigenvalue weighted by atomic mass is 9.90. The van der Waals surface area contributed by atoms with Crippen molar-refractivity contribution in [3.8, 4) is 17.0 Å². The third-order valence-electron chi connectivity index (χ3n) is 6.73. The number of aromatic nitrogens is 4. The summed E-state index contributed by atoms with van der Waals surface area (Å²) in [5.74, 6) is 0.675. The molecule has 30 heavy (non-hydrogen) atoms. The van der Waals surface area contributed by atoms with Crippen molar-refractivity contribution in [2.24, 2.45) is 0 Å². The number of anilines is 1. The van der Waals surface area contributed by atoms with Gasteiger partial charge in [-0.3, -0.25) is 4.90 Å². The van der Waals surface area contributed by atoms with E-state index in [4.69, 9.17) is 10.8 Å². The third kappa shape index (κ3) is 3.50. The van der Waals surface area contributed by atoms with Crippen molar-refractivity contribution >= 4 is 16.9 Å². The average molecular weight is 408 g/mol. The molecule has 2 aliphatic rings. The molecule has 1 saturated carbocycles. The summed E-state index contributed by atoms with van der Waals surface area (Å²) in [7, 11) is 2.20. The summed E-state index contributed by atoms with van der Waals surface area (Å²) in [6.07, 6.45) is 6.07. The second-order valence-electron chi connectivity index (χ2n) is 8.60. The van der Waals surface area contributed by atoms with Crippen molar-refractivity contribution in [2.45, 2.75) is 37.8 Å². The molecule has 1 aliphatic carbocycles. The SMILES string of the molecule is CN1CCN([C@H]2CC[C@H](n3nc(-c4ccc(O)cc4)c4c(N)ncnc43)CC2)CC1. The third-order valence-corrected chi connectivity index (χ3v) is 6.73. The molecule has 0 bridgehead atoms. The Balaban J connectivity index is 1.41. The fourth-order valence-corrected chi connectivity index (χ4v) is 4.93. The van der Waals surface area contributed by atoms with Crippen LogP contribution in [0.2, 0.25) is 0 Å². The van der Waals surface area contributed by atoms with Crippen LogP contribution in [0.15, 0.2) is 30.6 Å². The van der Waals surface area contributed by atoms with E-state index in [1.165, 1.54) is 32.3 Å². The molecule has 5 rings (SSSR count). The highest BCUT2D eigenvalue weighted by Crippen LogP contribution is 2.37. The van der Waals surface area contributed by atoms with Crippen LogP contribution in [0.25, 0.3) is 22.3 Å². The first-order valence-corrected chi connectivity index (χ1v) is 10.8. The van der Waals surface area contributed by atoms with Gasteiger partial charge < -0.3 is 15.7 Å². The lowest BCUT2D eigenvalue weighted by Crippen LogP contribution is -2.49. The van der Waals surface area contributed by atoms with E-state index in [1.807, 2.05) is 12.1 Å². The van der Waals surface area contributed by atoms with Crippen LogP contribution in [-0.4, -0.2) is 73.9 Å². The number of hydrogen-bond acceptors (Lipinski definition) is 7. The predicted octanol–water partition coefficient (Wildman–Crippen LogP) is 2.51. The number of aromatic hydroxyl groups is 1. The van der Waals surface area contributed by atoms with Crippen LogP contribution in [0, 0.1) is 0 Å². The van der Waals surface area contributed by atoms with Gasteiger partial charge in [-0.1, -0.05) is 0 Å². The summed E-state index contributed by atoms with van der Waals surface area (Å²) in [5.41, 5.74) is 8.72. The molecule has 1 aromatic carbocycles. The molecule has 3 aromatic rings. The van der Waals surface area contributed by atoms with E-state index in [1.54, 1.807) is 12.1 Å². The molecule has 0 unspecified atom stereocenters. The smallest absolute Gasteiger partial charge is 0.164 e. The molecule has 8 nitrogen and oxygen atoms in total. The van der Waals surface area contributed by atoms with E-state index in [0.717, 1.165) is 48.2 Å². The molecular formula is C22H29N7O. The van der Waals surface area contributed by atoms with Crippen LogP contribution in [0.5, 0.6) is 5.75 Å². The highest BCUT2D eigenvalue weighted by Gasteiger charge is 2.30. The lowest BCUT2D eigenvalue weighted by molar-refractivity contribution is 0.0815. The largest absolute Gasteiger partial charge is 0.508 e. The van der Waals surface area contributed by atoms with Gasteiger partial charge in [-0.05, 0) is 57.0 Å². The summed E-state index contributed by atoms with van der Waals surface area (Å²) in [5, 5.41) is 15.4. The molecule has 8 heteroatoms. The van der Waals surface area contributed by atoms with E-state index in [-0.39, 0.29) is 5.75 Å². The number of hydrogen-bond donors (Lipinski definition) is 2. The first kappa shape index (κ1) is 19.3. The summed E-state index contributed by atoms with van der Waals surface area (Å²) < 4.78 is 2.07. The molecule has 2 fully saturated rings. The van der Waals surface area contributed by atoms with Crippen LogP contribution in [-0.2, 0) is 0 Å². The zero-order chi connectivity index (χ0) is 20.7. The number of phenols is 1. The number of rotatable bonds is 3. The minimum absolute atomic E-state index is 0.230. The monoisotopic (exact) mass is 407 g/mol. The summed E-state index contributed by atoms with van der Waals surface area (Å²) in [6, 6.07) is 8.04. The molecule has 0 atom stereocenters. The topological polar surface area (TPSA) is 96.3 Å². The standard InChI is InChI=1S/C22H29N7O/c1-27-10-12-28(13-11-27)16-4-6-17(7-5-16)29-22-19(21(23)24-14-25-22)20(26-29)15-2-8-18(30)9-3-15/h2-3,8-9,14,16-17,30H,4-7,10-13H2,1H3,(H2,23,24,25)/t16-,17-. The Morgan fingerprint density at radius 1 is 0.933 bits per heavy atom. The summed E-state index contributed by atoms with van der Waals surface area (Å²) in [4.78, 5) is 13.8. The maximum atomic E-state index is 9.65. The number of fused-ring (bicyclic) bond motifs is 1. The van der Waals surface area contributed by atoms with Crippen molar-refractivity contribution in [2.75, 3.05) is 39.0 Å². The van der Waals surface area contributed by atoms with Gasteiger partial charge in [0.1, 0.15) is 23.6 Å². The molecular weight excluding hydrogens is 378 g/mol. The van der Waals surface area contributed by atoms with Crippen molar-refractivity contribution in [3.63, 3.8) is 0 Å². The quantitative estimate of drug-likeness (QED) is 0.689. The Morgan fingerprint density at radius 3 is 2.30 bits per heavy atom. The normalized spacial score (nSPS) is 23.8. The second kappa shape index (κ2) is 7.85. The van der Waals surface area contributed by atoms with Gasteiger partial charge in [0.25, 0.3) is 0 Å². The molecule has 2 aromatic heterocycles. The highest BCUT2D eigenvalue weighted by atomic mass is 16.3. The highest BCUT2D eigenvalue weighted by molar-refractivity contribution is 5.98. The summed E-state index contributed by atoms with van der Waals surface area (Å²) >= 11 is 0. The fraction of sp³-hybridized carbons (Fsp3) is 0.500. The van der Waals surface area contributed by atoms with Gasteiger partial charge >= 0.3 is 0 Å². The lowest BCUT2D eigenvalue weighted by Gasteiger charge is -2.41. The zero-order valence-corrected chi connectivity index (χ0v) is 17.4. The molecule has 1 aliphatic heterocycles. The van der Waals surface area contributed by atoms with Gasteiger partial charge in [0, 0.05) is 37.8 Å². The van der Waals surface area contributed by atoms with E-state index >= 15 is 0 Å². The van der Waals surface area contributed by atoms with E-state index in [9.17, 15) is 5.11 Å². The van der Waals surface area contributed by atoms with Gasteiger partial charge in [0.2, 0.25) is 0 Å². The minimum Gasteiger partial charge on any atom is -0.508 e. The van der Waals surface area contributed by atoms with E-state index in [2.05, 4.69) is 31.5 Å². The second-order valence-corrected chi connectivity index (χ2v) is 8.60. The van der Waals surface area contributed by atoms with Crippen molar-refractivity contribution in [3.05, 3.63) is 30.6 Å². The Morgan fingerprint density at radius 2 is 1.60 bits per heavy atom. The van der Waals surface area contributed by atoms with Crippen LogP contribution in [0.4, 0.5) is 5.82 Å². The predicted molar refractivity (Wildman–Crippen MR) is 117 cm³/mol. The average Bonchev–Trinajstić information content (AvgIpc) is 3.16. The van der Waals surface area contributed by atoms with Crippen LogP contribution in [0.3, 0.4) is 0 Å². The van der Waals surface area contributed by atoms with Crippen molar-refractivity contribution in [1.82, 2.24) is 29.5 Å². The number of phenolic OH excluding ortho intramolecular Hbond substituents is 1. The number of nitrogens with two attached hydrogens (primary N) is 1. The van der Waals surface area contributed by atoms with Crippen molar-refractivity contribution in [1.29, 1.82) is 0 Å². The zero-order valence-electron chi connectivity index (χ0n) is 17.4. The molecule has 1 saturated heterocycles. The molecule has 3 heterocycles. The minimum atomic E-state index is 0.230. The van der Waals surface area contributed by atoms with Gasteiger partial charge in [0.15, 0.2) is 5.65 Å².